The van der Waals surface area contributed by atoms with Crippen LogP contribution in [0.3, 0.4) is 0 Å². The SMILES string of the molecule is NC(CCCc1ccccc1)CCCc1ccccc1.O=CNCc1ccccc1CC(Cc1ccc(-c2ccc(C(=O)C(=O)N3Cc4ccccc4CC3C=O)cc2)cc1)C(=O)NC(CCCc1ccccc1)CCCc1ccccc1. The largest absolute Gasteiger partial charge is 0.355 e. The number of nitrogens with one attached hydrogen (secondary N) is 2. The highest BCUT2D eigenvalue weighted by Gasteiger charge is 2.33. The van der Waals surface area contributed by atoms with Gasteiger partial charge in [-0.05, 0) is 151 Å². The van der Waals surface area contributed by atoms with Crippen LogP contribution >= 0.6 is 0 Å². The van der Waals surface area contributed by atoms with Crippen molar-refractivity contribution in [1.29, 1.82) is 0 Å². The Balaban J connectivity index is 0.000000378. The summed E-state index contributed by atoms with van der Waals surface area (Å²) in [6, 6.07) is 72.7. The van der Waals surface area contributed by atoms with Gasteiger partial charge in [-0.15, -0.1) is 0 Å². The van der Waals surface area contributed by atoms with Crippen LogP contribution in [0, 0.1) is 5.92 Å². The molecule has 0 saturated heterocycles. The van der Waals surface area contributed by atoms with Gasteiger partial charge in [-0.3, -0.25) is 19.2 Å². The van der Waals surface area contributed by atoms with Gasteiger partial charge in [-0.2, -0.15) is 0 Å². The van der Waals surface area contributed by atoms with Crippen molar-refractivity contribution in [2.45, 2.75) is 128 Å². The van der Waals surface area contributed by atoms with Gasteiger partial charge in [0.15, 0.2) is 0 Å². The Morgan fingerprint density at radius 2 is 0.940 bits per heavy atom. The molecule has 0 fully saturated rings. The molecule has 0 aromatic heterocycles. The maximum Gasteiger partial charge on any atom is 0.295 e. The molecule has 9 heteroatoms. The fourth-order valence-corrected chi connectivity index (χ4v) is 11.3. The lowest BCUT2D eigenvalue weighted by molar-refractivity contribution is -0.133. The van der Waals surface area contributed by atoms with E-state index in [1.54, 1.807) is 12.1 Å². The lowest BCUT2D eigenvalue weighted by Gasteiger charge is -2.33. The quantitative estimate of drug-likeness (QED) is 0.0242. The molecule has 1 heterocycles. The van der Waals surface area contributed by atoms with Crippen molar-refractivity contribution in [3.63, 3.8) is 0 Å². The molecule has 2 atom stereocenters. The van der Waals surface area contributed by atoms with E-state index in [9.17, 15) is 24.0 Å². The zero-order valence-corrected chi connectivity index (χ0v) is 47.8. The predicted molar refractivity (Wildman–Crippen MR) is 334 cm³/mol. The molecular weight excluding hydrogens is 1020 g/mol. The highest BCUT2D eigenvalue weighted by Crippen LogP contribution is 2.27. The minimum atomic E-state index is -0.690. The van der Waals surface area contributed by atoms with E-state index < -0.39 is 17.7 Å². The second kappa shape index (κ2) is 32.8. The summed E-state index contributed by atoms with van der Waals surface area (Å²) in [5.41, 5.74) is 18.7. The van der Waals surface area contributed by atoms with E-state index in [0.717, 1.165) is 109 Å². The van der Waals surface area contributed by atoms with Gasteiger partial charge in [0.2, 0.25) is 18.1 Å². The molecule has 0 spiro atoms. The number of Topliss-reactive ketones (excluding diaryl/α,β-unsaturated/α-hetero) is 1. The summed E-state index contributed by atoms with van der Waals surface area (Å²) in [4.78, 5) is 65.9. The molecule has 8 aromatic carbocycles. The van der Waals surface area contributed by atoms with Gasteiger partial charge in [0.25, 0.3) is 5.91 Å². The minimum Gasteiger partial charge on any atom is -0.355 e. The number of nitrogens with zero attached hydrogens (tertiary/aromatic N) is 1. The topological polar surface area (TPSA) is 139 Å². The van der Waals surface area contributed by atoms with Crippen LogP contribution in [-0.2, 0) is 77.2 Å². The van der Waals surface area contributed by atoms with Crippen LogP contribution in [0.5, 0.6) is 0 Å². The second-order valence-corrected chi connectivity index (χ2v) is 22.1. The Bertz CT molecular complexity index is 3150. The number of ketones is 1. The van der Waals surface area contributed by atoms with Crippen molar-refractivity contribution in [2.24, 2.45) is 11.7 Å². The van der Waals surface area contributed by atoms with Crippen molar-refractivity contribution >= 4 is 30.3 Å². The van der Waals surface area contributed by atoms with E-state index in [2.05, 4.69) is 120 Å². The van der Waals surface area contributed by atoms with E-state index in [1.807, 2.05) is 97.1 Å². The second-order valence-electron chi connectivity index (χ2n) is 22.1. The summed E-state index contributed by atoms with van der Waals surface area (Å²) in [6.45, 7) is 0.597. The number of aldehydes is 1. The minimum absolute atomic E-state index is 0.0182. The first-order valence-corrected chi connectivity index (χ1v) is 29.7. The number of carbonyl (C=O) groups excluding carboxylic acids is 5. The van der Waals surface area contributed by atoms with E-state index >= 15 is 0 Å². The first-order valence-electron chi connectivity index (χ1n) is 29.7. The molecule has 426 valence electrons. The standard InChI is InChI=1S/C55H55N3O5.C19H25N/c59-38-52-35-47-20-8-10-22-49(47)37-58(52)55(63)53(61)45-31-29-44(30-32-45)43-27-25-42(26-28-43)33-50(34-46-19-7-9-21-48(46)36-56-39-60)54(62)57-51(23-11-17-40-13-3-1-4-14-40)24-12-18-41-15-5-2-6-16-41;20-19(15-7-13-17-9-3-1-4-10-17)16-8-14-18-11-5-2-6-12-18/h1-10,13-16,19-22,25-32,38-39,50-52H,11-12,17-18,23-24,33-37H2,(H,56,60)(H,57,62);1-6,9-12,19H,7-8,13-16,20H2. The maximum absolute atomic E-state index is 14.5. The number of aryl methyl sites for hydroxylation is 4. The zero-order valence-electron chi connectivity index (χ0n) is 47.8. The third-order valence-electron chi connectivity index (χ3n) is 16.0. The first kappa shape index (κ1) is 60.6. The third-order valence-corrected chi connectivity index (χ3v) is 16.0. The van der Waals surface area contributed by atoms with E-state index in [1.165, 1.54) is 40.0 Å². The lowest BCUT2D eigenvalue weighted by atomic mass is 9.88. The molecule has 0 bridgehead atoms. The molecule has 1 aliphatic rings. The monoisotopic (exact) mass is 1100 g/mol. The molecule has 8 aromatic rings. The van der Waals surface area contributed by atoms with Gasteiger partial charge in [-0.25, -0.2) is 0 Å². The lowest BCUT2D eigenvalue weighted by Crippen LogP contribution is -2.48. The Labute approximate surface area is 491 Å². The Morgan fingerprint density at radius 1 is 0.494 bits per heavy atom. The summed E-state index contributed by atoms with van der Waals surface area (Å²) >= 11 is 0. The molecule has 4 N–H and O–H groups in total. The van der Waals surface area contributed by atoms with Gasteiger partial charge >= 0.3 is 0 Å². The van der Waals surface area contributed by atoms with Crippen LogP contribution in [0.4, 0.5) is 0 Å². The summed E-state index contributed by atoms with van der Waals surface area (Å²) in [6.07, 6.45) is 15.4. The predicted octanol–water partition coefficient (Wildman–Crippen LogP) is 13.2. The molecule has 83 heavy (non-hydrogen) atoms. The molecular formula is C74H80N4O5. The Kier molecular flexibility index (Phi) is 23.9. The van der Waals surface area contributed by atoms with Gasteiger partial charge in [0, 0.05) is 43.1 Å². The number of hydrogen-bond donors (Lipinski definition) is 3. The highest BCUT2D eigenvalue weighted by molar-refractivity contribution is 6.43. The molecule has 3 amide bonds. The van der Waals surface area contributed by atoms with Crippen LogP contribution < -0.4 is 16.4 Å². The van der Waals surface area contributed by atoms with Crippen LogP contribution in [0.2, 0.25) is 0 Å². The average molecular weight is 1110 g/mol. The van der Waals surface area contributed by atoms with Gasteiger partial charge in [0.1, 0.15) is 6.29 Å². The summed E-state index contributed by atoms with van der Waals surface area (Å²) in [5.74, 6) is -1.69. The molecule has 0 aliphatic carbocycles. The van der Waals surface area contributed by atoms with Crippen LogP contribution in [0.1, 0.15) is 112 Å². The summed E-state index contributed by atoms with van der Waals surface area (Å²) in [5, 5.41) is 6.29. The van der Waals surface area contributed by atoms with Crippen molar-refractivity contribution in [2.75, 3.05) is 0 Å². The normalized spacial score (nSPS) is 13.0. The van der Waals surface area contributed by atoms with E-state index in [0.29, 0.717) is 38.3 Å². The van der Waals surface area contributed by atoms with Crippen molar-refractivity contribution in [3.05, 3.63) is 274 Å². The number of amides is 3. The number of nitrogens with two attached hydrogens (primary N) is 1. The van der Waals surface area contributed by atoms with Crippen molar-refractivity contribution < 1.29 is 24.0 Å². The maximum atomic E-state index is 14.5. The van der Waals surface area contributed by atoms with Crippen LogP contribution in [0.25, 0.3) is 11.1 Å². The smallest absolute Gasteiger partial charge is 0.295 e. The Morgan fingerprint density at radius 3 is 1.43 bits per heavy atom. The third kappa shape index (κ3) is 19.3. The van der Waals surface area contributed by atoms with E-state index in [-0.39, 0.29) is 30.0 Å². The van der Waals surface area contributed by atoms with Crippen molar-refractivity contribution in [3.8, 4) is 11.1 Å². The number of rotatable bonds is 29. The zero-order chi connectivity index (χ0) is 57.9. The van der Waals surface area contributed by atoms with Gasteiger partial charge in [-0.1, -0.05) is 218 Å². The summed E-state index contributed by atoms with van der Waals surface area (Å²) < 4.78 is 0. The van der Waals surface area contributed by atoms with Gasteiger partial charge in [0.05, 0.1) is 6.04 Å². The first-order chi connectivity index (χ1) is 40.7. The molecule has 1 aliphatic heterocycles. The van der Waals surface area contributed by atoms with E-state index in [4.69, 9.17) is 5.73 Å². The van der Waals surface area contributed by atoms with Crippen LogP contribution in [-0.4, -0.2) is 53.3 Å². The number of hydrogen-bond acceptors (Lipinski definition) is 6. The average Bonchev–Trinajstić information content (AvgIpc) is 3.73. The van der Waals surface area contributed by atoms with Crippen molar-refractivity contribution in [1.82, 2.24) is 15.5 Å². The number of carbonyl (C=O) groups is 5. The number of benzene rings is 8. The summed E-state index contributed by atoms with van der Waals surface area (Å²) in [7, 11) is 0. The van der Waals surface area contributed by atoms with Gasteiger partial charge < -0.3 is 26.1 Å². The molecule has 2 unspecified atom stereocenters. The molecule has 0 radical (unpaired) electrons. The van der Waals surface area contributed by atoms with Crippen LogP contribution in [0.15, 0.2) is 218 Å². The fourth-order valence-electron chi connectivity index (χ4n) is 11.3. The molecule has 9 nitrogen and oxygen atoms in total. The fraction of sp³-hybridized carbons (Fsp3) is 0.284. The molecule has 9 rings (SSSR count). The highest BCUT2D eigenvalue weighted by atomic mass is 16.2. The molecule has 0 saturated carbocycles. The number of fused-ring (bicyclic) bond motifs is 1. The Hall–Kier alpha value is -8.53.